The Morgan fingerprint density at radius 1 is 1.42 bits per heavy atom. The molecule has 0 unspecified atom stereocenters. The van der Waals surface area contributed by atoms with Crippen molar-refractivity contribution in [2.45, 2.75) is 25.3 Å². The number of aliphatic carboxylic acids is 1. The standard InChI is InChI=1S/C6H14N2O2.C.Pd/c7-4-2-1-3-5(8)6(9)10;;/h5H,1-4,7-8H2,(H,9,10);;/t5-;;/m0../s1. The van der Waals surface area contributed by atoms with Crippen molar-refractivity contribution in [1.29, 1.82) is 0 Å². The van der Waals surface area contributed by atoms with Crippen molar-refractivity contribution in [3.05, 3.63) is 7.43 Å². The zero-order chi connectivity index (χ0) is 7.98. The van der Waals surface area contributed by atoms with Crippen molar-refractivity contribution in [2.75, 3.05) is 6.54 Å². The maximum Gasteiger partial charge on any atom is 0.320 e. The van der Waals surface area contributed by atoms with Gasteiger partial charge in [0, 0.05) is 27.8 Å². The molecule has 0 amide bonds. The quantitative estimate of drug-likeness (QED) is 0.466. The number of rotatable bonds is 5. The molecule has 0 aromatic carbocycles. The van der Waals surface area contributed by atoms with E-state index in [2.05, 4.69) is 0 Å². The van der Waals surface area contributed by atoms with Gasteiger partial charge >= 0.3 is 5.97 Å². The van der Waals surface area contributed by atoms with Gasteiger partial charge in [0.25, 0.3) is 0 Å². The molecular weight excluding hydrogens is 251 g/mol. The van der Waals surface area contributed by atoms with Crippen LogP contribution in [-0.2, 0) is 25.2 Å². The molecule has 5 N–H and O–H groups in total. The van der Waals surface area contributed by atoms with Crippen LogP contribution in [0.5, 0.6) is 0 Å². The molecule has 0 bridgehead atoms. The first kappa shape index (κ1) is 18.0. The summed E-state index contributed by atoms with van der Waals surface area (Å²) in [7, 11) is 0. The van der Waals surface area contributed by atoms with Gasteiger partial charge in [-0.2, -0.15) is 0 Å². The van der Waals surface area contributed by atoms with Crippen molar-refractivity contribution < 1.29 is 30.3 Å². The van der Waals surface area contributed by atoms with E-state index in [-0.39, 0.29) is 27.8 Å². The normalized spacial score (nSPS) is 10.8. The molecule has 1 atom stereocenters. The summed E-state index contributed by atoms with van der Waals surface area (Å²) < 4.78 is 0. The molecule has 0 saturated heterocycles. The summed E-state index contributed by atoms with van der Waals surface area (Å²) in [6, 6.07) is -0.716. The van der Waals surface area contributed by atoms with Crippen molar-refractivity contribution in [1.82, 2.24) is 0 Å². The summed E-state index contributed by atoms with van der Waals surface area (Å²) in [4.78, 5) is 10.1. The van der Waals surface area contributed by atoms with Crippen LogP contribution in [0.2, 0.25) is 0 Å². The van der Waals surface area contributed by atoms with E-state index in [1.807, 2.05) is 0 Å². The summed E-state index contributed by atoms with van der Waals surface area (Å²) in [5.41, 5.74) is 10.4. The van der Waals surface area contributed by atoms with Gasteiger partial charge in [0.05, 0.1) is 0 Å². The van der Waals surface area contributed by atoms with E-state index in [0.29, 0.717) is 13.0 Å². The molecule has 0 saturated carbocycles. The Kier molecular flexibility index (Phi) is 16.5. The van der Waals surface area contributed by atoms with Gasteiger partial charge in [-0.05, 0) is 19.4 Å². The van der Waals surface area contributed by atoms with Crippen LogP contribution in [0.3, 0.4) is 0 Å². The summed E-state index contributed by atoms with van der Waals surface area (Å²) in [5, 5.41) is 8.33. The first-order valence-electron chi connectivity index (χ1n) is 3.37. The van der Waals surface area contributed by atoms with E-state index in [1.165, 1.54) is 0 Å². The monoisotopic (exact) mass is 264 g/mol. The first-order valence-corrected chi connectivity index (χ1v) is 3.37. The smallest absolute Gasteiger partial charge is 0.320 e. The van der Waals surface area contributed by atoms with Crippen LogP contribution in [0.15, 0.2) is 0 Å². The maximum atomic E-state index is 10.1. The van der Waals surface area contributed by atoms with E-state index >= 15 is 0 Å². The molecule has 0 rings (SSSR count). The minimum atomic E-state index is -0.933. The second-order valence-corrected chi connectivity index (χ2v) is 2.23. The van der Waals surface area contributed by atoms with Gasteiger partial charge in [0.1, 0.15) is 6.04 Å². The minimum Gasteiger partial charge on any atom is -0.480 e. The van der Waals surface area contributed by atoms with Crippen molar-refractivity contribution >= 4 is 5.97 Å². The molecule has 0 aromatic heterocycles. The van der Waals surface area contributed by atoms with Crippen LogP contribution in [0.1, 0.15) is 19.3 Å². The van der Waals surface area contributed by atoms with E-state index < -0.39 is 12.0 Å². The molecule has 0 aliphatic carbocycles. The Balaban J connectivity index is -0.000000405. The van der Waals surface area contributed by atoms with Gasteiger partial charge in [-0.3, -0.25) is 4.79 Å². The van der Waals surface area contributed by atoms with Gasteiger partial charge in [-0.25, -0.2) is 0 Å². The molecule has 0 fully saturated rings. The number of carboxylic acid groups (broad SMARTS) is 1. The van der Waals surface area contributed by atoms with Crippen LogP contribution in [0.4, 0.5) is 0 Å². The Labute approximate surface area is 87.3 Å². The summed E-state index contributed by atoms with van der Waals surface area (Å²) in [6.45, 7) is 0.604. The van der Waals surface area contributed by atoms with Crippen molar-refractivity contribution in [2.24, 2.45) is 11.5 Å². The van der Waals surface area contributed by atoms with Crippen LogP contribution in [0.25, 0.3) is 0 Å². The molecule has 5 heteroatoms. The predicted molar refractivity (Wildman–Crippen MR) is 41.8 cm³/mol. The SMILES string of the molecule is NCCCC[C@H](N)C(=O)O.[C].[Pd]. The molecule has 0 spiro atoms. The molecule has 74 valence electrons. The van der Waals surface area contributed by atoms with E-state index in [0.717, 1.165) is 12.8 Å². The molecule has 4 nitrogen and oxygen atoms in total. The Hall–Kier alpha value is 0.0523. The molecule has 0 heterocycles. The molecule has 0 aromatic rings. The number of hydrogen-bond donors (Lipinski definition) is 3. The van der Waals surface area contributed by atoms with Gasteiger partial charge in [-0.15, -0.1) is 0 Å². The second-order valence-electron chi connectivity index (χ2n) is 2.23. The number of carbonyl (C=O) groups is 1. The van der Waals surface area contributed by atoms with Crippen molar-refractivity contribution in [3.8, 4) is 0 Å². The van der Waals surface area contributed by atoms with Crippen LogP contribution in [-0.4, -0.2) is 23.7 Å². The van der Waals surface area contributed by atoms with Crippen LogP contribution in [0, 0.1) is 7.43 Å². The number of hydrogen-bond acceptors (Lipinski definition) is 3. The summed E-state index contributed by atoms with van der Waals surface area (Å²) in [5.74, 6) is -0.933. The van der Waals surface area contributed by atoms with E-state index in [1.54, 1.807) is 0 Å². The van der Waals surface area contributed by atoms with Crippen LogP contribution < -0.4 is 11.5 Å². The molecule has 0 aliphatic heterocycles. The van der Waals surface area contributed by atoms with Gasteiger partial charge in [0.15, 0.2) is 0 Å². The van der Waals surface area contributed by atoms with Gasteiger partial charge < -0.3 is 16.6 Å². The zero-order valence-electron chi connectivity index (χ0n) is 6.73. The Morgan fingerprint density at radius 3 is 2.25 bits per heavy atom. The molecular formula is C7H14N2O2Pd. The Bertz CT molecular complexity index is 112. The van der Waals surface area contributed by atoms with E-state index in [4.69, 9.17) is 16.6 Å². The molecule has 12 heavy (non-hydrogen) atoms. The third-order valence-corrected chi connectivity index (χ3v) is 1.29. The third kappa shape index (κ3) is 10.1. The number of nitrogens with two attached hydrogens (primary N) is 2. The largest absolute Gasteiger partial charge is 0.480 e. The predicted octanol–water partition coefficient (Wildman–Crippen LogP) is -0.394. The van der Waals surface area contributed by atoms with Gasteiger partial charge in [0.2, 0.25) is 0 Å². The Morgan fingerprint density at radius 2 is 1.92 bits per heavy atom. The van der Waals surface area contributed by atoms with Crippen LogP contribution >= 0.6 is 0 Å². The second kappa shape index (κ2) is 11.1. The molecule has 0 aliphatic rings. The summed E-state index contributed by atoms with van der Waals surface area (Å²) >= 11 is 0. The molecule has 4 radical (unpaired) electrons. The number of unbranched alkanes of at least 4 members (excludes halogenated alkanes) is 1. The van der Waals surface area contributed by atoms with Gasteiger partial charge in [-0.1, -0.05) is 6.42 Å². The van der Waals surface area contributed by atoms with E-state index in [9.17, 15) is 4.79 Å². The maximum absolute atomic E-state index is 10.1. The topological polar surface area (TPSA) is 89.3 Å². The minimum absolute atomic E-state index is 0. The number of carboxylic acids is 1. The fourth-order valence-electron chi connectivity index (χ4n) is 0.632. The third-order valence-electron chi connectivity index (χ3n) is 1.29. The zero-order valence-corrected chi connectivity index (χ0v) is 8.29. The fourth-order valence-corrected chi connectivity index (χ4v) is 0.632. The van der Waals surface area contributed by atoms with Crippen molar-refractivity contribution in [3.63, 3.8) is 0 Å². The fraction of sp³-hybridized carbons (Fsp3) is 0.714. The average Bonchev–Trinajstić information content (AvgIpc) is 1.88. The summed E-state index contributed by atoms with van der Waals surface area (Å²) in [6.07, 6.45) is 2.16. The average molecular weight is 265 g/mol. The first-order chi connectivity index (χ1) is 4.68.